The summed E-state index contributed by atoms with van der Waals surface area (Å²) in [6.07, 6.45) is 0. The van der Waals surface area contributed by atoms with Gasteiger partial charge in [0.2, 0.25) is 0 Å². The van der Waals surface area contributed by atoms with E-state index in [1.54, 1.807) is 0 Å². The number of hydrogen-bond donors (Lipinski definition) is 2. The molecule has 0 aromatic heterocycles. The Bertz CT molecular complexity index is 46.2. The molecule has 0 saturated heterocycles. The minimum atomic E-state index is -1.19. The number of carbonyl (C=O) groups is 1. The molecule has 0 fully saturated rings. The molecule has 0 amide bonds. The van der Waals surface area contributed by atoms with E-state index in [-0.39, 0.29) is 75.5 Å². The van der Waals surface area contributed by atoms with Gasteiger partial charge in [0.25, 0.3) is 0 Å². The van der Waals surface area contributed by atoms with E-state index >= 15 is 0 Å². The van der Waals surface area contributed by atoms with Gasteiger partial charge in [0.15, 0.2) is 0 Å². The number of aliphatic carboxylic acids is 1. The molecule has 0 rings (SSSR count). The van der Waals surface area contributed by atoms with Gasteiger partial charge in [-0.05, 0) is 0 Å². The van der Waals surface area contributed by atoms with E-state index in [2.05, 4.69) is 0 Å². The number of carboxylic acid groups (broad SMARTS) is 1. The van der Waals surface area contributed by atoms with Crippen LogP contribution >= 0.6 is 0 Å². The predicted octanol–water partition coefficient (Wildman–Crippen LogP) is -2.77. The first kappa shape index (κ1) is 16.0. The molecule has 0 heterocycles. The van der Waals surface area contributed by atoms with Crippen molar-refractivity contribution >= 4 is 81.4 Å². The van der Waals surface area contributed by atoms with Gasteiger partial charge in [0, 0.05) is 0 Å². The standard InChI is InChI=1S/C2H4O3.2Ca.4H/c3-1-2(4)5;;;;;;/h3H,1H2,(H,4,5);;;;;;. The van der Waals surface area contributed by atoms with Gasteiger partial charge < -0.3 is 10.2 Å². The molecule has 0 radical (unpaired) electrons. The molecule has 5 heteroatoms. The Labute approximate surface area is 101 Å². The van der Waals surface area contributed by atoms with Crippen molar-refractivity contribution in [3.8, 4) is 0 Å². The predicted molar refractivity (Wildman–Crippen MR) is 31.8 cm³/mol. The summed E-state index contributed by atoms with van der Waals surface area (Å²) >= 11 is 0. The van der Waals surface area contributed by atoms with Crippen LogP contribution in [-0.2, 0) is 4.79 Å². The number of aliphatic hydroxyl groups is 1. The zero-order valence-corrected chi connectivity index (χ0v) is 2.51. The molecule has 0 aliphatic heterocycles. The van der Waals surface area contributed by atoms with Crippen LogP contribution in [0.5, 0.6) is 0 Å². The van der Waals surface area contributed by atoms with E-state index in [1.165, 1.54) is 0 Å². The van der Waals surface area contributed by atoms with Crippen molar-refractivity contribution in [3.05, 3.63) is 0 Å². The Morgan fingerprint density at radius 3 is 1.57 bits per heavy atom. The van der Waals surface area contributed by atoms with Crippen molar-refractivity contribution in [1.29, 1.82) is 0 Å². The van der Waals surface area contributed by atoms with Gasteiger partial charge in [-0.3, -0.25) is 0 Å². The average Bonchev–Trinajstić information content (AvgIpc) is 1.38. The van der Waals surface area contributed by atoms with Gasteiger partial charge in [-0.1, -0.05) is 0 Å². The second kappa shape index (κ2) is 10.8. The van der Waals surface area contributed by atoms with Crippen LogP contribution in [0, 0.1) is 0 Å². The second-order valence-electron chi connectivity index (χ2n) is 0.552. The normalized spacial score (nSPS) is 5.29. The number of aliphatic hydroxyl groups excluding tert-OH is 1. The molecule has 0 unspecified atom stereocenters. The summed E-state index contributed by atoms with van der Waals surface area (Å²) in [6.45, 7) is -0.778. The third kappa shape index (κ3) is 18.0. The fraction of sp³-hybridized carbons (Fsp3) is 0.500. The molecule has 0 aromatic carbocycles. The van der Waals surface area contributed by atoms with Crippen molar-refractivity contribution in [2.75, 3.05) is 6.61 Å². The van der Waals surface area contributed by atoms with Crippen LogP contribution in [0.1, 0.15) is 0 Å². The summed E-state index contributed by atoms with van der Waals surface area (Å²) in [5, 5.41) is 15.0. The second-order valence-corrected chi connectivity index (χ2v) is 0.552. The first-order valence-electron chi connectivity index (χ1n) is 1.10. The molecule has 7 heavy (non-hydrogen) atoms. The van der Waals surface area contributed by atoms with Gasteiger partial charge in [-0.15, -0.1) is 0 Å². The summed E-state index contributed by atoms with van der Waals surface area (Å²) in [7, 11) is 0. The molecule has 38 valence electrons. The Balaban J connectivity index is -0.0000000800. The summed E-state index contributed by atoms with van der Waals surface area (Å²) in [5.41, 5.74) is 0. The molecule has 0 aliphatic carbocycles. The Morgan fingerprint density at radius 1 is 1.43 bits per heavy atom. The SMILES string of the molecule is O=C(O)CO.[CaH2].[CaH2]. The maximum atomic E-state index is 9.12. The average molecular weight is 160 g/mol. The van der Waals surface area contributed by atoms with E-state index in [1.807, 2.05) is 0 Å². The monoisotopic (exact) mass is 160 g/mol. The molecule has 0 aliphatic rings. The van der Waals surface area contributed by atoms with Gasteiger partial charge in [0.05, 0.1) is 0 Å². The van der Waals surface area contributed by atoms with Crippen LogP contribution in [0.4, 0.5) is 0 Å². The summed E-state index contributed by atoms with van der Waals surface area (Å²) < 4.78 is 0. The third-order valence-electron chi connectivity index (χ3n) is 0.135. The molecule has 3 nitrogen and oxygen atoms in total. The first-order valence-corrected chi connectivity index (χ1v) is 1.10. The molecule has 0 atom stereocenters. The van der Waals surface area contributed by atoms with Crippen LogP contribution in [0.2, 0.25) is 0 Å². The molecular weight excluding hydrogens is 152 g/mol. The maximum absolute atomic E-state index is 9.12. The molecule has 0 spiro atoms. The quantitative estimate of drug-likeness (QED) is 0.408. The van der Waals surface area contributed by atoms with Gasteiger partial charge in [-0.25, -0.2) is 4.79 Å². The molecular formula is C2H8Ca2O3. The fourth-order valence-corrected chi connectivity index (χ4v) is 0. The molecule has 0 saturated carbocycles. The Morgan fingerprint density at radius 2 is 1.57 bits per heavy atom. The van der Waals surface area contributed by atoms with Crippen LogP contribution < -0.4 is 0 Å². The van der Waals surface area contributed by atoms with E-state index in [4.69, 9.17) is 15.0 Å². The van der Waals surface area contributed by atoms with Gasteiger partial charge >= 0.3 is 81.4 Å². The number of rotatable bonds is 1. The van der Waals surface area contributed by atoms with E-state index in [0.717, 1.165) is 0 Å². The number of hydrogen-bond acceptors (Lipinski definition) is 2. The van der Waals surface area contributed by atoms with Gasteiger partial charge in [0.1, 0.15) is 6.61 Å². The van der Waals surface area contributed by atoms with Crippen molar-refractivity contribution < 1.29 is 15.0 Å². The van der Waals surface area contributed by atoms with Crippen LogP contribution in [0.25, 0.3) is 0 Å². The van der Waals surface area contributed by atoms with Crippen LogP contribution in [0.3, 0.4) is 0 Å². The van der Waals surface area contributed by atoms with E-state index < -0.39 is 12.6 Å². The Kier molecular flexibility index (Phi) is 24.8. The molecule has 2 N–H and O–H groups in total. The van der Waals surface area contributed by atoms with Gasteiger partial charge in [-0.2, -0.15) is 0 Å². The van der Waals surface area contributed by atoms with Crippen LogP contribution in [0.15, 0.2) is 0 Å². The number of carboxylic acids is 1. The van der Waals surface area contributed by atoms with Crippen molar-refractivity contribution in [2.45, 2.75) is 0 Å². The summed E-state index contributed by atoms with van der Waals surface area (Å²) in [6, 6.07) is 0. The topological polar surface area (TPSA) is 57.5 Å². The fourth-order valence-electron chi connectivity index (χ4n) is 0. The van der Waals surface area contributed by atoms with E-state index in [9.17, 15) is 0 Å². The zero-order chi connectivity index (χ0) is 4.28. The molecule has 0 bridgehead atoms. The summed E-state index contributed by atoms with van der Waals surface area (Å²) in [4.78, 5) is 9.12. The first-order chi connectivity index (χ1) is 2.27. The zero-order valence-electron chi connectivity index (χ0n) is 2.51. The van der Waals surface area contributed by atoms with Crippen molar-refractivity contribution in [1.82, 2.24) is 0 Å². The van der Waals surface area contributed by atoms with E-state index in [0.29, 0.717) is 0 Å². The Hall–Kier alpha value is 1.95. The van der Waals surface area contributed by atoms with Crippen molar-refractivity contribution in [2.24, 2.45) is 0 Å². The van der Waals surface area contributed by atoms with Crippen molar-refractivity contribution in [3.63, 3.8) is 0 Å². The minimum absolute atomic E-state index is 0. The third-order valence-corrected chi connectivity index (χ3v) is 0.135. The van der Waals surface area contributed by atoms with Crippen LogP contribution in [-0.4, -0.2) is 98.3 Å². The summed E-state index contributed by atoms with van der Waals surface area (Å²) in [5.74, 6) is -1.19. The molecule has 0 aromatic rings.